The second-order valence-corrected chi connectivity index (χ2v) is 9.18. The molecule has 2 rings (SSSR count). The maximum Gasteiger partial charge on any atom is 0.162 e. The molecule has 3 nitrogen and oxygen atoms in total. The third kappa shape index (κ3) is 4.07. The zero-order chi connectivity index (χ0) is 17.6. The summed E-state index contributed by atoms with van der Waals surface area (Å²) in [6, 6.07) is 4.25. The van der Waals surface area contributed by atoms with Gasteiger partial charge in [-0.15, -0.1) is 0 Å². The predicted molar refractivity (Wildman–Crippen MR) is 94.2 cm³/mol. The largest absolute Gasteiger partial charge is 0.507 e. The predicted octanol–water partition coefficient (Wildman–Crippen LogP) is 4.85. The number of phenols is 1. The average molecular weight is 320 g/mol. The van der Waals surface area contributed by atoms with Crippen molar-refractivity contribution >= 4 is 0 Å². The highest BCUT2D eigenvalue weighted by atomic mass is 16.7. The molecule has 23 heavy (non-hydrogen) atoms. The van der Waals surface area contributed by atoms with Gasteiger partial charge in [-0.25, -0.2) is 0 Å². The zero-order valence-electron chi connectivity index (χ0n) is 15.9. The van der Waals surface area contributed by atoms with Crippen molar-refractivity contribution in [1.29, 1.82) is 0 Å². The van der Waals surface area contributed by atoms with Gasteiger partial charge < -0.3 is 14.6 Å². The highest BCUT2D eigenvalue weighted by molar-refractivity contribution is 5.50. The van der Waals surface area contributed by atoms with Crippen molar-refractivity contribution in [3.63, 3.8) is 0 Å². The van der Waals surface area contributed by atoms with Crippen LogP contribution in [-0.2, 0) is 20.3 Å². The Morgan fingerprint density at radius 1 is 0.913 bits per heavy atom. The van der Waals surface area contributed by atoms with Crippen molar-refractivity contribution in [1.82, 2.24) is 0 Å². The minimum Gasteiger partial charge on any atom is -0.507 e. The van der Waals surface area contributed by atoms with Gasteiger partial charge in [0.2, 0.25) is 0 Å². The molecule has 130 valence electrons. The zero-order valence-corrected chi connectivity index (χ0v) is 15.9. The van der Waals surface area contributed by atoms with E-state index >= 15 is 0 Å². The summed E-state index contributed by atoms with van der Waals surface area (Å²) in [7, 11) is 0. The first-order chi connectivity index (χ1) is 10.3. The molecule has 0 aliphatic carbocycles. The highest BCUT2D eigenvalue weighted by Crippen LogP contribution is 2.41. The monoisotopic (exact) mass is 320 g/mol. The summed E-state index contributed by atoms with van der Waals surface area (Å²) in [6.07, 6.45) is 0. The minimum atomic E-state index is -0.507. The van der Waals surface area contributed by atoms with Gasteiger partial charge in [0.05, 0.1) is 13.2 Å². The van der Waals surface area contributed by atoms with E-state index in [9.17, 15) is 5.11 Å². The minimum absolute atomic E-state index is 0.115. The van der Waals surface area contributed by atoms with Crippen LogP contribution in [-0.4, -0.2) is 24.1 Å². The first-order valence-electron chi connectivity index (χ1n) is 8.47. The fourth-order valence-corrected chi connectivity index (χ4v) is 2.92. The number of aromatic hydroxyl groups is 1. The molecular formula is C20H32O3. The van der Waals surface area contributed by atoms with Gasteiger partial charge in [-0.05, 0) is 41.4 Å². The van der Waals surface area contributed by atoms with E-state index < -0.39 is 5.79 Å². The summed E-state index contributed by atoms with van der Waals surface area (Å²) in [5.41, 5.74) is 2.94. The summed E-state index contributed by atoms with van der Waals surface area (Å²) in [5.74, 6) is 0.116. The molecule has 0 unspecified atom stereocenters. The third-order valence-corrected chi connectivity index (χ3v) is 4.48. The summed E-state index contributed by atoms with van der Waals surface area (Å²) in [6.45, 7) is 18.0. The van der Waals surface area contributed by atoms with E-state index in [1.54, 1.807) is 0 Å². The van der Waals surface area contributed by atoms with Gasteiger partial charge in [0.1, 0.15) is 5.75 Å². The topological polar surface area (TPSA) is 38.7 Å². The lowest BCUT2D eigenvalue weighted by molar-refractivity contribution is -0.251. The van der Waals surface area contributed by atoms with Crippen LogP contribution >= 0.6 is 0 Å². The Kier molecular flexibility index (Phi) is 4.60. The van der Waals surface area contributed by atoms with Crippen LogP contribution < -0.4 is 0 Å². The van der Waals surface area contributed by atoms with E-state index in [2.05, 4.69) is 53.7 Å². The molecule has 0 saturated carbocycles. The van der Waals surface area contributed by atoms with Crippen LogP contribution in [0.15, 0.2) is 12.1 Å². The van der Waals surface area contributed by atoms with Gasteiger partial charge in [0, 0.05) is 5.92 Å². The molecule has 3 heteroatoms. The molecule has 0 radical (unpaired) electrons. The lowest BCUT2D eigenvalue weighted by Crippen LogP contribution is -2.38. The fraction of sp³-hybridized carbons (Fsp3) is 0.700. The van der Waals surface area contributed by atoms with Gasteiger partial charge in [0.25, 0.3) is 0 Å². The van der Waals surface area contributed by atoms with Crippen molar-refractivity contribution in [2.45, 2.75) is 77.9 Å². The van der Waals surface area contributed by atoms with Crippen LogP contribution in [0.4, 0.5) is 0 Å². The van der Waals surface area contributed by atoms with Crippen molar-refractivity contribution < 1.29 is 14.6 Å². The Bertz CT molecular complexity index is 529. The van der Waals surface area contributed by atoms with E-state index in [-0.39, 0.29) is 16.7 Å². The molecule has 0 bridgehead atoms. The van der Waals surface area contributed by atoms with Crippen LogP contribution in [0.25, 0.3) is 0 Å². The molecule has 1 aromatic carbocycles. The molecule has 1 aliphatic heterocycles. The molecule has 1 N–H and O–H groups in total. The van der Waals surface area contributed by atoms with Gasteiger partial charge in [-0.2, -0.15) is 0 Å². The molecule has 1 aliphatic rings. The number of rotatable bonds is 1. The lowest BCUT2D eigenvalue weighted by atomic mass is 9.77. The summed E-state index contributed by atoms with van der Waals surface area (Å²) in [4.78, 5) is 0. The molecule has 1 aromatic rings. The first-order valence-corrected chi connectivity index (χ1v) is 8.47. The van der Waals surface area contributed by atoms with E-state index in [1.807, 2.05) is 13.8 Å². The van der Waals surface area contributed by atoms with E-state index in [0.717, 1.165) is 11.1 Å². The van der Waals surface area contributed by atoms with Crippen molar-refractivity contribution in [3.05, 3.63) is 28.8 Å². The SMILES string of the molecule is CC1(C)OCC(c2cc(C(C)(C)C)c(O)c(C(C)(C)C)c2)CO1. The van der Waals surface area contributed by atoms with Crippen molar-refractivity contribution in [2.24, 2.45) is 0 Å². The Morgan fingerprint density at radius 3 is 1.65 bits per heavy atom. The number of ether oxygens (including phenoxy) is 2. The quantitative estimate of drug-likeness (QED) is 0.803. The number of phenolic OH excluding ortho intramolecular Hbond substituents is 1. The normalized spacial score (nSPS) is 19.8. The average Bonchev–Trinajstić information content (AvgIpc) is 2.36. The van der Waals surface area contributed by atoms with Crippen LogP contribution in [0.2, 0.25) is 0 Å². The Morgan fingerprint density at radius 2 is 1.30 bits per heavy atom. The van der Waals surface area contributed by atoms with E-state index in [4.69, 9.17) is 9.47 Å². The molecule has 0 atom stereocenters. The lowest BCUT2D eigenvalue weighted by Gasteiger charge is -2.36. The van der Waals surface area contributed by atoms with Gasteiger partial charge >= 0.3 is 0 Å². The van der Waals surface area contributed by atoms with Crippen molar-refractivity contribution in [3.8, 4) is 5.75 Å². The van der Waals surface area contributed by atoms with Crippen molar-refractivity contribution in [2.75, 3.05) is 13.2 Å². The summed E-state index contributed by atoms with van der Waals surface area (Å²) < 4.78 is 11.7. The first kappa shape index (κ1) is 18.3. The van der Waals surface area contributed by atoms with Gasteiger partial charge in [0.15, 0.2) is 5.79 Å². The third-order valence-electron chi connectivity index (χ3n) is 4.48. The maximum absolute atomic E-state index is 10.8. The van der Waals surface area contributed by atoms with Crippen LogP contribution in [0.1, 0.15) is 78.0 Å². The maximum atomic E-state index is 10.8. The number of benzene rings is 1. The number of hydrogen-bond donors (Lipinski definition) is 1. The van der Waals surface area contributed by atoms with Crippen LogP contribution in [0.5, 0.6) is 5.75 Å². The molecule has 0 amide bonds. The number of hydrogen-bond acceptors (Lipinski definition) is 3. The summed E-state index contributed by atoms with van der Waals surface area (Å²) in [5, 5.41) is 10.8. The highest BCUT2D eigenvalue weighted by Gasteiger charge is 2.32. The second kappa shape index (κ2) is 5.78. The Hall–Kier alpha value is -1.06. The molecule has 0 spiro atoms. The van der Waals surface area contributed by atoms with Crippen LogP contribution in [0.3, 0.4) is 0 Å². The smallest absolute Gasteiger partial charge is 0.162 e. The van der Waals surface area contributed by atoms with Crippen LogP contribution in [0, 0.1) is 0 Å². The van der Waals surface area contributed by atoms with E-state index in [0.29, 0.717) is 19.0 Å². The van der Waals surface area contributed by atoms with Gasteiger partial charge in [-0.3, -0.25) is 0 Å². The molecule has 0 aromatic heterocycles. The van der Waals surface area contributed by atoms with Gasteiger partial charge in [-0.1, -0.05) is 53.7 Å². The Labute approximate surface area is 141 Å². The molecular weight excluding hydrogens is 288 g/mol. The standard InChI is InChI=1S/C20H32O3/c1-18(2,3)15-9-13(10-16(17(15)21)19(4,5)6)14-11-22-20(7,8)23-12-14/h9-10,14,21H,11-12H2,1-8H3. The fourth-order valence-electron chi connectivity index (χ4n) is 2.92. The summed E-state index contributed by atoms with van der Waals surface area (Å²) >= 11 is 0. The Balaban J connectivity index is 2.49. The van der Waals surface area contributed by atoms with E-state index in [1.165, 1.54) is 5.56 Å². The second-order valence-electron chi connectivity index (χ2n) is 9.18. The molecule has 1 fully saturated rings. The molecule has 1 heterocycles. The molecule has 1 saturated heterocycles.